The average molecular weight is 389 g/mol. The molecule has 0 aromatic rings. The summed E-state index contributed by atoms with van der Waals surface area (Å²) in [5.41, 5.74) is 0. The van der Waals surface area contributed by atoms with Crippen molar-refractivity contribution in [3.05, 3.63) is 0 Å². The third-order valence-electron chi connectivity index (χ3n) is 3.63. The number of ketones is 2. The summed E-state index contributed by atoms with van der Waals surface area (Å²) in [5.74, 6) is 0.172. The number of amides is 1. The van der Waals surface area contributed by atoms with E-state index in [-0.39, 0.29) is 23.9 Å². The third-order valence-corrected chi connectivity index (χ3v) is 3.63. The van der Waals surface area contributed by atoms with Gasteiger partial charge < -0.3 is 24.3 Å². The van der Waals surface area contributed by atoms with Crippen molar-refractivity contribution in [1.82, 2.24) is 5.32 Å². The number of rotatable bonds is 20. The van der Waals surface area contributed by atoms with Gasteiger partial charge in [-0.15, -0.1) is 0 Å². The van der Waals surface area contributed by atoms with Crippen molar-refractivity contribution >= 4 is 17.5 Å². The fourth-order valence-electron chi connectivity index (χ4n) is 1.91. The molecule has 1 amide bonds. The number of hydrogen-bond acceptors (Lipinski definition) is 7. The van der Waals surface area contributed by atoms with E-state index in [2.05, 4.69) is 5.32 Å². The van der Waals surface area contributed by atoms with Crippen molar-refractivity contribution in [1.29, 1.82) is 0 Å². The maximum Gasteiger partial charge on any atom is 0.220 e. The first kappa shape index (κ1) is 25.6. The molecule has 0 rings (SSSR count). The number of carbonyl (C=O) groups excluding carboxylic acids is 3. The molecule has 0 aliphatic rings. The largest absolute Gasteiger partial charge is 0.379 e. The minimum absolute atomic E-state index is 0.0958. The zero-order valence-electron chi connectivity index (χ0n) is 16.8. The lowest BCUT2D eigenvalue weighted by Gasteiger charge is -2.08. The van der Waals surface area contributed by atoms with Gasteiger partial charge in [0.05, 0.1) is 52.9 Å². The van der Waals surface area contributed by atoms with Gasteiger partial charge in [-0.3, -0.25) is 14.4 Å². The van der Waals surface area contributed by atoms with E-state index in [1.807, 2.05) is 6.92 Å². The van der Waals surface area contributed by atoms with Gasteiger partial charge in [0.25, 0.3) is 0 Å². The highest BCUT2D eigenvalue weighted by molar-refractivity contribution is 5.84. The van der Waals surface area contributed by atoms with Crippen LogP contribution in [-0.4, -0.2) is 76.9 Å². The highest BCUT2D eigenvalue weighted by atomic mass is 16.6. The lowest BCUT2D eigenvalue weighted by Crippen LogP contribution is -2.27. The van der Waals surface area contributed by atoms with Gasteiger partial charge in [-0.2, -0.15) is 0 Å². The molecule has 0 aliphatic carbocycles. The first-order valence-electron chi connectivity index (χ1n) is 9.71. The van der Waals surface area contributed by atoms with E-state index in [4.69, 9.17) is 18.9 Å². The van der Waals surface area contributed by atoms with Crippen molar-refractivity contribution in [3.8, 4) is 0 Å². The molecular weight excluding hydrogens is 354 g/mol. The summed E-state index contributed by atoms with van der Waals surface area (Å²) >= 11 is 0. The molecule has 0 spiro atoms. The molecule has 8 nitrogen and oxygen atoms in total. The molecular formula is C19H35NO7. The number of hydrogen-bond donors (Lipinski definition) is 1. The molecule has 0 bridgehead atoms. The van der Waals surface area contributed by atoms with Crippen LogP contribution in [0.4, 0.5) is 0 Å². The molecule has 0 heterocycles. The summed E-state index contributed by atoms with van der Waals surface area (Å²) in [6.07, 6.45) is 2.01. The van der Waals surface area contributed by atoms with E-state index in [1.54, 1.807) is 6.92 Å². The van der Waals surface area contributed by atoms with Gasteiger partial charge in [0.1, 0.15) is 11.6 Å². The Kier molecular flexibility index (Phi) is 18.4. The fourth-order valence-corrected chi connectivity index (χ4v) is 1.91. The Bertz CT molecular complexity index is 402. The van der Waals surface area contributed by atoms with E-state index in [1.165, 1.54) is 0 Å². The van der Waals surface area contributed by atoms with Gasteiger partial charge >= 0.3 is 0 Å². The summed E-state index contributed by atoms with van der Waals surface area (Å²) in [4.78, 5) is 33.6. The first-order chi connectivity index (χ1) is 13.1. The fraction of sp³-hybridized carbons (Fsp3) is 0.842. The lowest BCUT2D eigenvalue weighted by atomic mass is 10.2. The quantitative estimate of drug-likeness (QED) is 0.313. The smallest absolute Gasteiger partial charge is 0.220 e. The summed E-state index contributed by atoms with van der Waals surface area (Å²) in [6, 6.07) is 0. The maximum absolute atomic E-state index is 11.4. The van der Waals surface area contributed by atoms with Crippen LogP contribution in [0.1, 0.15) is 46.0 Å². The Labute approximate surface area is 162 Å². The Morgan fingerprint density at radius 2 is 1.04 bits per heavy atom. The van der Waals surface area contributed by atoms with Crippen molar-refractivity contribution in [2.45, 2.75) is 46.0 Å². The molecule has 0 aromatic carbocycles. The van der Waals surface area contributed by atoms with E-state index >= 15 is 0 Å². The second-order valence-electron chi connectivity index (χ2n) is 5.83. The minimum atomic E-state index is -0.130. The number of ether oxygens (including phenoxy) is 4. The van der Waals surface area contributed by atoms with Crippen LogP contribution in [0.5, 0.6) is 0 Å². The summed E-state index contributed by atoms with van der Waals surface area (Å²) < 4.78 is 21.3. The van der Waals surface area contributed by atoms with Crippen LogP contribution in [0.25, 0.3) is 0 Å². The van der Waals surface area contributed by atoms with E-state index in [9.17, 15) is 14.4 Å². The highest BCUT2D eigenvalue weighted by Gasteiger charge is 2.04. The van der Waals surface area contributed by atoms with Crippen LogP contribution in [0.3, 0.4) is 0 Å². The minimum Gasteiger partial charge on any atom is -0.379 e. The van der Waals surface area contributed by atoms with Gasteiger partial charge in [-0.05, 0) is 0 Å². The zero-order valence-corrected chi connectivity index (χ0v) is 16.8. The molecule has 27 heavy (non-hydrogen) atoms. The third kappa shape index (κ3) is 19.2. The molecule has 0 saturated heterocycles. The van der Waals surface area contributed by atoms with E-state index in [0.717, 1.165) is 0 Å². The van der Waals surface area contributed by atoms with E-state index in [0.29, 0.717) is 85.1 Å². The summed E-state index contributed by atoms with van der Waals surface area (Å²) in [6.45, 7) is 7.70. The standard InChI is InChI=1S/C19H35NO7/c1-3-17(21)5-6-19(23)20-8-10-25-12-14-27-16-15-26-13-11-24-9-7-18(22)4-2/h3-16H2,1-2H3,(H,20,23). The van der Waals surface area contributed by atoms with Gasteiger partial charge in [0, 0.05) is 38.6 Å². The van der Waals surface area contributed by atoms with E-state index < -0.39 is 0 Å². The van der Waals surface area contributed by atoms with Crippen molar-refractivity contribution in [2.75, 3.05) is 59.4 Å². The van der Waals surface area contributed by atoms with Crippen molar-refractivity contribution in [2.24, 2.45) is 0 Å². The van der Waals surface area contributed by atoms with Crippen molar-refractivity contribution in [3.63, 3.8) is 0 Å². The molecule has 0 fully saturated rings. The zero-order chi connectivity index (χ0) is 20.2. The lowest BCUT2D eigenvalue weighted by molar-refractivity contribution is -0.125. The van der Waals surface area contributed by atoms with Gasteiger partial charge in [0.15, 0.2) is 0 Å². The van der Waals surface area contributed by atoms with Crippen LogP contribution < -0.4 is 5.32 Å². The van der Waals surface area contributed by atoms with Crippen LogP contribution in [0, 0.1) is 0 Å². The van der Waals surface area contributed by atoms with Gasteiger partial charge in [0.2, 0.25) is 5.91 Å². The summed E-state index contributed by atoms with van der Waals surface area (Å²) in [5, 5.41) is 2.70. The SMILES string of the molecule is CCC(=O)CCOCCOCCOCCOCCNC(=O)CCC(=O)CC. The average Bonchev–Trinajstić information content (AvgIpc) is 2.68. The number of carbonyl (C=O) groups is 3. The predicted molar refractivity (Wildman–Crippen MR) is 101 cm³/mol. The normalized spacial score (nSPS) is 10.7. The van der Waals surface area contributed by atoms with Crippen molar-refractivity contribution < 1.29 is 33.3 Å². The molecule has 0 aromatic heterocycles. The second kappa shape index (κ2) is 19.4. The second-order valence-corrected chi connectivity index (χ2v) is 5.83. The number of nitrogens with one attached hydrogen (secondary N) is 1. The Morgan fingerprint density at radius 1 is 0.593 bits per heavy atom. The molecule has 8 heteroatoms. The van der Waals surface area contributed by atoms with Crippen LogP contribution in [-0.2, 0) is 33.3 Å². The molecule has 0 atom stereocenters. The Morgan fingerprint density at radius 3 is 1.56 bits per heavy atom. The first-order valence-corrected chi connectivity index (χ1v) is 9.71. The van der Waals surface area contributed by atoms with Crippen LogP contribution in [0.2, 0.25) is 0 Å². The molecule has 0 aliphatic heterocycles. The predicted octanol–water partition coefficient (Wildman–Crippen LogP) is 1.30. The Balaban J connectivity index is 3.17. The molecule has 158 valence electrons. The summed E-state index contributed by atoms with van der Waals surface area (Å²) in [7, 11) is 0. The maximum atomic E-state index is 11.4. The number of Topliss-reactive ketones (excluding diaryl/α,β-unsaturated/α-hetero) is 2. The molecule has 1 N–H and O–H groups in total. The van der Waals surface area contributed by atoms with Gasteiger partial charge in [-0.25, -0.2) is 0 Å². The monoisotopic (exact) mass is 389 g/mol. The molecule has 0 unspecified atom stereocenters. The molecule has 0 radical (unpaired) electrons. The van der Waals surface area contributed by atoms with Gasteiger partial charge in [-0.1, -0.05) is 13.8 Å². The van der Waals surface area contributed by atoms with Crippen LogP contribution in [0.15, 0.2) is 0 Å². The highest BCUT2D eigenvalue weighted by Crippen LogP contribution is 1.94. The Hall–Kier alpha value is -1.35. The van der Waals surface area contributed by atoms with Crippen LogP contribution >= 0.6 is 0 Å². The topological polar surface area (TPSA) is 100 Å². The molecule has 0 saturated carbocycles.